The summed E-state index contributed by atoms with van der Waals surface area (Å²) in [6.07, 6.45) is 1.12. The molecule has 2 aromatic rings. The van der Waals surface area contributed by atoms with Crippen LogP contribution in [0.3, 0.4) is 0 Å². The van der Waals surface area contributed by atoms with Gasteiger partial charge in [-0.25, -0.2) is 13.2 Å². The number of amides is 1. The van der Waals surface area contributed by atoms with Crippen molar-refractivity contribution in [3.05, 3.63) is 63.8 Å². The van der Waals surface area contributed by atoms with Gasteiger partial charge in [0.1, 0.15) is 5.82 Å². The fraction of sp³-hybridized carbons (Fsp3) is 0. The molecule has 2 N–H and O–H groups in total. The third-order valence-electron chi connectivity index (χ3n) is 2.30. The van der Waals surface area contributed by atoms with Crippen molar-refractivity contribution in [2.75, 3.05) is 5.32 Å². The van der Waals surface area contributed by atoms with Gasteiger partial charge in [0, 0.05) is 24.4 Å². The Balaban J connectivity index is 2.26. The molecule has 0 saturated heterocycles. The van der Waals surface area contributed by atoms with Gasteiger partial charge in [0.05, 0.1) is 11.3 Å². The molecule has 2 rings (SSSR count). The highest BCUT2D eigenvalue weighted by Crippen LogP contribution is 2.18. The van der Waals surface area contributed by atoms with Crippen molar-refractivity contribution in [1.82, 2.24) is 4.98 Å². The molecular weight excluding hydrogens is 261 g/mol. The van der Waals surface area contributed by atoms with Crippen LogP contribution in [0.4, 0.5) is 18.9 Å². The lowest BCUT2D eigenvalue weighted by atomic mass is 10.2. The Kier molecular flexibility index (Phi) is 3.37. The average Bonchev–Trinajstić information content (AvgIpc) is 2.36. The third kappa shape index (κ3) is 2.82. The van der Waals surface area contributed by atoms with Crippen molar-refractivity contribution in [3.8, 4) is 0 Å². The molecule has 1 aromatic heterocycles. The molecule has 0 fully saturated rings. The summed E-state index contributed by atoms with van der Waals surface area (Å²) >= 11 is 0. The van der Waals surface area contributed by atoms with E-state index in [1.165, 1.54) is 6.07 Å². The number of aromatic nitrogens is 1. The number of pyridine rings is 1. The maximum Gasteiger partial charge on any atom is 0.257 e. The number of rotatable bonds is 2. The largest absolute Gasteiger partial charge is 0.328 e. The first-order valence-electron chi connectivity index (χ1n) is 5.12. The van der Waals surface area contributed by atoms with Gasteiger partial charge in [0.2, 0.25) is 5.56 Å². The van der Waals surface area contributed by atoms with E-state index in [4.69, 9.17) is 0 Å². The van der Waals surface area contributed by atoms with Gasteiger partial charge < -0.3 is 10.3 Å². The second-order valence-corrected chi connectivity index (χ2v) is 3.64. The zero-order valence-corrected chi connectivity index (χ0v) is 9.34. The van der Waals surface area contributed by atoms with Crippen LogP contribution in [0, 0.1) is 17.5 Å². The minimum atomic E-state index is -1.35. The zero-order chi connectivity index (χ0) is 14.0. The van der Waals surface area contributed by atoms with Crippen LogP contribution in [-0.2, 0) is 0 Å². The van der Waals surface area contributed by atoms with Crippen molar-refractivity contribution < 1.29 is 18.0 Å². The molecule has 0 aliphatic carbocycles. The monoisotopic (exact) mass is 268 g/mol. The molecule has 1 heterocycles. The first-order chi connectivity index (χ1) is 8.97. The molecule has 7 heteroatoms. The summed E-state index contributed by atoms with van der Waals surface area (Å²) in [4.78, 5) is 24.7. The van der Waals surface area contributed by atoms with Gasteiger partial charge in [0.25, 0.3) is 5.91 Å². The number of halogens is 3. The Morgan fingerprint density at radius 2 is 1.74 bits per heavy atom. The van der Waals surface area contributed by atoms with Crippen LogP contribution in [0.5, 0.6) is 0 Å². The zero-order valence-electron chi connectivity index (χ0n) is 9.34. The molecular formula is C12H7F3N2O2. The van der Waals surface area contributed by atoms with Crippen LogP contribution in [0.15, 0.2) is 35.3 Å². The second kappa shape index (κ2) is 4.97. The molecule has 19 heavy (non-hydrogen) atoms. The maximum absolute atomic E-state index is 13.3. The summed E-state index contributed by atoms with van der Waals surface area (Å²) in [5.74, 6) is -4.49. The smallest absolute Gasteiger partial charge is 0.257 e. The molecule has 0 spiro atoms. The molecule has 0 aliphatic heterocycles. The Morgan fingerprint density at radius 3 is 2.37 bits per heavy atom. The van der Waals surface area contributed by atoms with Gasteiger partial charge in [-0.3, -0.25) is 9.59 Å². The van der Waals surface area contributed by atoms with Crippen molar-refractivity contribution >= 4 is 11.6 Å². The lowest BCUT2D eigenvalue weighted by molar-refractivity contribution is 0.102. The highest BCUT2D eigenvalue weighted by Gasteiger charge is 2.13. The molecule has 1 aromatic carbocycles. The van der Waals surface area contributed by atoms with E-state index in [1.54, 1.807) is 0 Å². The number of hydrogen-bond acceptors (Lipinski definition) is 2. The maximum atomic E-state index is 13.3. The van der Waals surface area contributed by atoms with E-state index in [2.05, 4.69) is 10.3 Å². The first-order valence-corrected chi connectivity index (χ1v) is 5.12. The third-order valence-corrected chi connectivity index (χ3v) is 2.30. The number of H-pyrrole nitrogens is 1. The molecule has 0 aliphatic rings. The molecule has 0 radical (unpaired) electrons. The number of nitrogens with one attached hydrogen (secondary N) is 2. The van der Waals surface area contributed by atoms with Crippen LogP contribution < -0.4 is 10.9 Å². The summed E-state index contributed by atoms with van der Waals surface area (Å²) in [5.41, 5.74) is -0.852. The van der Waals surface area contributed by atoms with Gasteiger partial charge in [-0.2, -0.15) is 0 Å². The van der Waals surface area contributed by atoms with Crippen molar-refractivity contribution in [1.29, 1.82) is 0 Å². The molecule has 0 bridgehead atoms. The van der Waals surface area contributed by atoms with Crippen LogP contribution in [0.2, 0.25) is 0 Å². The Labute approximate surface area is 104 Å². The Morgan fingerprint density at radius 1 is 1.05 bits per heavy atom. The topological polar surface area (TPSA) is 62.0 Å². The van der Waals surface area contributed by atoms with E-state index in [1.807, 2.05) is 0 Å². The minimum Gasteiger partial charge on any atom is -0.328 e. The number of carbonyl (C=O) groups is 1. The van der Waals surface area contributed by atoms with Gasteiger partial charge >= 0.3 is 0 Å². The highest BCUT2D eigenvalue weighted by molar-refractivity contribution is 6.04. The summed E-state index contributed by atoms with van der Waals surface area (Å²) < 4.78 is 38.9. The van der Waals surface area contributed by atoms with Crippen molar-refractivity contribution in [3.63, 3.8) is 0 Å². The highest BCUT2D eigenvalue weighted by atomic mass is 19.2. The fourth-order valence-electron chi connectivity index (χ4n) is 1.36. The number of hydrogen-bond donors (Lipinski definition) is 2. The summed E-state index contributed by atoms with van der Waals surface area (Å²) in [7, 11) is 0. The standard InChI is InChI=1S/C12H7F3N2O2/c13-7-3-9(15)10(4-8(7)14)17-12(19)6-1-2-11(18)16-5-6/h1-5H,(H,16,18)(H,17,19). The quantitative estimate of drug-likeness (QED) is 0.819. The van der Waals surface area contributed by atoms with Crippen LogP contribution in [0.1, 0.15) is 10.4 Å². The van der Waals surface area contributed by atoms with Gasteiger partial charge in [-0.1, -0.05) is 0 Å². The minimum absolute atomic E-state index is 0.0451. The van der Waals surface area contributed by atoms with Crippen LogP contribution >= 0.6 is 0 Å². The predicted molar refractivity (Wildman–Crippen MR) is 61.3 cm³/mol. The summed E-state index contributed by atoms with van der Waals surface area (Å²) in [6.45, 7) is 0. The van der Waals surface area contributed by atoms with E-state index >= 15 is 0 Å². The number of benzene rings is 1. The van der Waals surface area contributed by atoms with E-state index < -0.39 is 34.6 Å². The molecule has 0 atom stereocenters. The summed E-state index contributed by atoms with van der Waals surface area (Å²) in [5, 5.41) is 2.07. The van der Waals surface area contributed by atoms with Crippen LogP contribution in [-0.4, -0.2) is 10.9 Å². The Bertz CT molecular complexity index is 677. The molecule has 0 saturated carbocycles. The van der Waals surface area contributed by atoms with E-state index in [-0.39, 0.29) is 5.56 Å². The normalized spacial score (nSPS) is 10.3. The van der Waals surface area contributed by atoms with E-state index in [0.717, 1.165) is 12.3 Å². The van der Waals surface area contributed by atoms with E-state index in [9.17, 15) is 22.8 Å². The average molecular weight is 268 g/mol. The van der Waals surface area contributed by atoms with Crippen molar-refractivity contribution in [2.45, 2.75) is 0 Å². The molecule has 98 valence electrons. The molecule has 0 unspecified atom stereocenters. The second-order valence-electron chi connectivity index (χ2n) is 3.64. The van der Waals surface area contributed by atoms with Crippen molar-refractivity contribution in [2.24, 2.45) is 0 Å². The Hall–Kier alpha value is -2.57. The molecule has 4 nitrogen and oxygen atoms in total. The van der Waals surface area contributed by atoms with Crippen LogP contribution in [0.25, 0.3) is 0 Å². The number of anilines is 1. The van der Waals surface area contributed by atoms with Gasteiger partial charge in [-0.15, -0.1) is 0 Å². The molecule has 1 amide bonds. The first kappa shape index (κ1) is 12.9. The van der Waals surface area contributed by atoms with Gasteiger partial charge in [-0.05, 0) is 6.07 Å². The summed E-state index contributed by atoms with van der Waals surface area (Å²) in [6, 6.07) is 3.19. The lowest BCUT2D eigenvalue weighted by Gasteiger charge is -2.06. The lowest BCUT2D eigenvalue weighted by Crippen LogP contribution is -2.15. The SMILES string of the molecule is O=C(Nc1cc(F)c(F)cc1F)c1ccc(=O)[nH]c1. The number of carbonyl (C=O) groups excluding carboxylic acids is 1. The fourth-order valence-corrected chi connectivity index (χ4v) is 1.36. The van der Waals surface area contributed by atoms with E-state index in [0.29, 0.717) is 12.1 Å². The number of aromatic amines is 1. The van der Waals surface area contributed by atoms with Gasteiger partial charge in [0.15, 0.2) is 11.6 Å². The predicted octanol–water partition coefficient (Wildman–Crippen LogP) is 2.04.